The molecule has 2 aliphatic rings. The van der Waals surface area contributed by atoms with Crippen LogP contribution in [0.25, 0.3) is 0 Å². The number of sulfonamides is 1. The number of aliphatic carboxylic acids is 1. The van der Waals surface area contributed by atoms with Gasteiger partial charge in [0, 0.05) is 19.1 Å². The monoisotopic (exact) mass is 318 g/mol. The first-order valence-electron chi connectivity index (χ1n) is 7.35. The van der Waals surface area contributed by atoms with Crippen LogP contribution in [0.4, 0.5) is 0 Å². The minimum atomic E-state index is -3.22. The lowest BCUT2D eigenvalue weighted by Crippen LogP contribution is -2.47. The van der Waals surface area contributed by atoms with Crippen molar-refractivity contribution in [3.05, 3.63) is 0 Å². The second-order valence-electron chi connectivity index (χ2n) is 5.82. The van der Waals surface area contributed by atoms with Crippen molar-refractivity contribution in [3.63, 3.8) is 0 Å². The van der Waals surface area contributed by atoms with Crippen molar-refractivity contribution >= 4 is 21.9 Å². The number of amides is 1. The number of hydrogen-bond donors (Lipinski definition) is 2. The normalized spacial score (nSPS) is 26.6. The van der Waals surface area contributed by atoms with E-state index < -0.39 is 21.9 Å². The standard InChI is InChI=1S/C13H22N2O5S/c1-2-7-21(19,20)14-9-3-5-15(6-4-9)12(16)10-8-11(10)13(17)18/h9-11,14H,2-8H2,1H3,(H,17,18). The summed E-state index contributed by atoms with van der Waals surface area (Å²) in [6.07, 6.45) is 2.17. The van der Waals surface area contributed by atoms with Gasteiger partial charge in [-0.1, -0.05) is 6.92 Å². The van der Waals surface area contributed by atoms with E-state index in [-0.39, 0.29) is 23.6 Å². The first kappa shape index (κ1) is 16.2. The van der Waals surface area contributed by atoms with E-state index in [2.05, 4.69) is 4.72 Å². The van der Waals surface area contributed by atoms with Gasteiger partial charge in [-0.15, -0.1) is 0 Å². The zero-order valence-corrected chi connectivity index (χ0v) is 12.9. The molecule has 0 bridgehead atoms. The zero-order valence-electron chi connectivity index (χ0n) is 12.1. The van der Waals surface area contributed by atoms with E-state index in [4.69, 9.17) is 5.11 Å². The Morgan fingerprint density at radius 1 is 1.24 bits per heavy atom. The Bertz CT molecular complexity index is 511. The summed E-state index contributed by atoms with van der Waals surface area (Å²) in [7, 11) is -3.22. The minimum absolute atomic E-state index is 0.0998. The van der Waals surface area contributed by atoms with Crippen LogP contribution in [0.15, 0.2) is 0 Å². The van der Waals surface area contributed by atoms with Gasteiger partial charge < -0.3 is 10.0 Å². The van der Waals surface area contributed by atoms with Crippen LogP contribution in [0, 0.1) is 11.8 Å². The third-order valence-electron chi connectivity index (χ3n) is 4.05. The Labute approximate surface area is 124 Å². The maximum absolute atomic E-state index is 12.1. The Morgan fingerprint density at radius 2 is 1.86 bits per heavy atom. The summed E-state index contributed by atoms with van der Waals surface area (Å²) in [6, 6.07) is -0.125. The van der Waals surface area contributed by atoms with Gasteiger partial charge in [-0.05, 0) is 25.7 Å². The number of nitrogens with one attached hydrogen (secondary N) is 1. The van der Waals surface area contributed by atoms with Gasteiger partial charge in [0.25, 0.3) is 0 Å². The quantitative estimate of drug-likeness (QED) is 0.719. The van der Waals surface area contributed by atoms with Crippen molar-refractivity contribution in [2.75, 3.05) is 18.8 Å². The molecule has 1 saturated carbocycles. The number of piperidine rings is 1. The molecule has 0 aromatic carbocycles. The van der Waals surface area contributed by atoms with Gasteiger partial charge in [0.1, 0.15) is 0 Å². The lowest BCUT2D eigenvalue weighted by Gasteiger charge is -2.32. The summed E-state index contributed by atoms with van der Waals surface area (Å²) in [6.45, 7) is 2.79. The number of carboxylic acid groups (broad SMARTS) is 1. The van der Waals surface area contributed by atoms with Crippen LogP contribution in [-0.2, 0) is 19.6 Å². The third kappa shape index (κ3) is 4.16. The van der Waals surface area contributed by atoms with Crippen LogP contribution >= 0.6 is 0 Å². The van der Waals surface area contributed by atoms with Crippen LogP contribution in [0.5, 0.6) is 0 Å². The third-order valence-corrected chi connectivity index (χ3v) is 5.69. The molecule has 7 nitrogen and oxygen atoms in total. The number of carboxylic acids is 1. The molecule has 21 heavy (non-hydrogen) atoms. The van der Waals surface area contributed by atoms with Crippen molar-refractivity contribution in [2.45, 2.75) is 38.6 Å². The Morgan fingerprint density at radius 3 is 2.33 bits per heavy atom. The maximum atomic E-state index is 12.1. The molecule has 0 aromatic rings. The highest BCUT2D eigenvalue weighted by atomic mass is 32.2. The molecule has 0 spiro atoms. The molecule has 0 aromatic heterocycles. The van der Waals surface area contributed by atoms with E-state index in [9.17, 15) is 18.0 Å². The average molecular weight is 318 g/mol. The second kappa shape index (κ2) is 6.31. The zero-order chi connectivity index (χ0) is 15.6. The molecule has 2 atom stereocenters. The average Bonchev–Trinajstić information content (AvgIpc) is 3.18. The molecule has 1 aliphatic heterocycles. The smallest absolute Gasteiger partial charge is 0.307 e. The molecule has 1 heterocycles. The van der Waals surface area contributed by atoms with Crippen LogP contribution < -0.4 is 4.72 Å². The van der Waals surface area contributed by atoms with E-state index >= 15 is 0 Å². The second-order valence-corrected chi connectivity index (χ2v) is 7.70. The number of nitrogens with zero attached hydrogens (tertiary/aromatic N) is 1. The summed E-state index contributed by atoms with van der Waals surface area (Å²) in [4.78, 5) is 24.5. The van der Waals surface area contributed by atoms with Crippen molar-refractivity contribution in [2.24, 2.45) is 11.8 Å². The Balaban J connectivity index is 1.79. The fourth-order valence-corrected chi connectivity index (χ4v) is 4.17. The van der Waals surface area contributed by atoms with Gasteiger partial charge in [0.15, 0.2) is 0 Å². The van der Waals surface area contributed by atoms with Gasteiger partial charge in [-0.25, -0.2) is 13.1 Å². The van der Waals surface area contributed by atoms with Crippen molar-refractivity contribution in [3.8, 4) is 0 Å². The van der Waals surface area contributed by atoms with E-state index in [1.807, 2.05) is 6.92 Å². The van der Waals surface area contributed by atoms with Crippen molar-refractivity contribution < 1.29 is 23.1 Å². The highest BCUT2D eigenvalue weighted by Crippen LogP contribution is 2.40. The molecule has 2 rings (SSSR count). The van der Waals surface area contributed by atoms with Gasteiger partial charge in [0.05, 0.1) is 17.6 Å². The molecule has 1 saturated heterocycles. The highest BCUT2D eigenvalue weighted by Gasteiger charge is 2.50. The number of rotatable bonds is 6. The van der Waals surface area contributed by atoms with Crippen molar-refractivity contribution in [1.82, 2.24) is 9.62 Å². The molecule has 1 amide bonds. The van der Waals surface area contributed by atoms with Gasteiger partial charge in [-0.2, -0.15) is 0 Å². The summed E-state index contributed by atoms with van der Waals surface area (Å²) >= 11 is 0. The van der Waals surface area contributed by atoms with E-state index in [1.54, 1.807) is 4.90 Å². The Hall–Kier alpha value is -1.15. The molecular weight excluding hydrogens is 296 g/mol. The molecule has 0 radical (unpaired) electrons. The number of likely N-dealkylation sites (tertiary alicyclic amines) is 1. The largest absolute Gasteiger partial charge is 0.481 e. The lowest BCUT2D eigenvalue weighted by molar-refractivity contribution is -0.142. The topological polar surface area (TPSA) is 104 Å². The highest BCUT2D eigenvalue weighted by molar-refractivity contribution is 7.89. The lowest BCUT2D eigenvalue weighted by atomic mass is 10.1. The van der Waals surface area contributed by atoms with E-state index in [0.29, 0.717) is 38.8 Å². The summed E-state index contributed by atoms with van der Waals surface area (Å²) in [5.41, 5.74) is 0. The van der Waals surface area contributed by atoms with Crippen LogP contribution in [0.2, 0.25) is 0 Å². The van der Waals surface area contributed by atoms with Gasteiger partial charge >= 0.3 is 5.97 Å². The first-order valence-corrected chi connectivity index (χ1v) is 9.01. The molecular formula is C13H22N2O5S. The van der Waals surface area contributed by atoms with Crippen molar-refractivity contribution in [1.29, 1.82) is 0 Å². The predicted molar refractivity (Wildman–Crippen MR) is 76.0 cm³/mol. The number of carbonyl (C=O) groups excluding carboxylic acids is 1. The molecule has 1 aliphatic carbocycles. The molecule has 2 fully saturated rings. The summed E-state index contributed by atoms with van der Waals surface area (Å²) in [5, 5.41) is 8.84. The minimum Gasteiger partial charge on any atom is -0.481 e. The molecule has 2 unspecified atom stereocenters. The van der Waals surface area contributed by atoms with E-state index in [1.165, 1.54) is 0 Å². The predicted octanol–water partition coefficient (Wildman–Crippen LogP) is 0.0275. The number of carbonyl (C=O) groups is 2. The van der Waals surface area contributed by atoms with Crippen LogP contribution in [-0.4, -0.2) is 55.2 Å². The Kier molecular flexibility index (Phi) is 4.88. The fourth-order valence-electron chi connectivity index (χ4n) is 2.77. The SMILES string of the molecule is CCCS(=O)(=O)NC1CCN(C(=O)C2CC2C(=O)O)CC1. The maximum Gasteiger partial charge on any atom is 0.307 e. The van der Waals surface area contributed by atoms with Crippen LogP contribution in [0.1, 0.15) is 32.6 Å². The van der Waals surface area contributed by atoms with Gasteiger partial charge in [0.2, 0.25) is 15.9 Å². The molecule has 8 heteroatoms. The summed E-state index contributed by atoms with van der Waals surface area (Å²) in [5.74, 6) is -1.80. The summed E-state index contributed by atoms with van der Waals surface area (Å²) < 4.78 is 26.1. The number of hydrogen-bond acceptors (Lipinski definition) is 4. The first-order chi connectivity index (χ1) is 9.84. The molecule has 120 valence electrons. The van der Waals surface area contributed by atoms with E-state index in [0.717, 1.165) is 0 Å². The fraction of sp³-hybridized carbons (Fsp3) is 0.846. The van der Waals surface area contributed by atoms with Crippen LogP contribution in [0.3, 0.4) is 0 Å². The molecule has 2 N–H and O–H groups in total. The van der Waals surface area contributed by atoms with Gasteiger partial charge in [-0.3, -0.25) is 9.59 Å².